The van der Waals surface area contributed by atoms with E-state index in [2.05, 4.69) is 5.32 Å². The summed E-state index contributed by atoms with van der Waals surface area (Å²) in [5, 5.41) is 11.9. The summed E-state index contributed by atoms with van der Waals surface area (Å²) in [7, 11) is 6.58. The van der Waals surface area contributed by atoms with Gasteiger partial charge in [-0.05, 0) is 48.0 Å². The van der Waals surface area contributed by atoms with Crippen molar-refractivity contribution in [1.29, 1.82) is 0 Å². The summed E-state index contributed by atoms with van der Waals surface area (Å²) in [5.74, 6) is 2.76. The molecular weight excluding hydrogens is 564 g/mol. The first-order valence-electron chi connectivity index (χ1n) is 13.7. The predicted octanol–water partition coefficient (Wildman–Crippen LogP) is 7.60. The van der Waals surface area contributed by atoms with E-state index in [4.69, 9.17) is 40.6 Å². The summed E-state index contributed by atoms with van der Waals surface area (Å²) < 4.78 is 24.3. The number of fused-ring (bicyclic) bond motifs is 3. The van der Waals surface area contributed by atoms with E-state index in [0.29, 0.717) is 29.6 Å². The molecule has 0 saturated heterocycles. The van der Waals surface area contributed by atoms with Crippen LogP contribution in [0, 0.1) is 0 Å². The zero-order valence-corrected chi connectivity index (χ0v) is 25.1. The van der Waals surface area contributed by atoms with Crippen LogP contribution in [0.4, 0.5) is 5.69 Å². The molecule has 6 rings (SSSR count). The second-order valence-corrected chi connectivity index (χ2v) is 10.3. The SMILES string of the molecule is COc1cccc(Cn2nc(CNc3cccc(OC)c3)c3c4cc(OC)c(OC)cc4c(-c4ccccc4Cl)nc32)c1. The van der Waals surface area contributed by atoms with Crippen LogP contribution in [-0.4, -0.2) is 43.2 Å². The maximum Gasteiger partial charge on any atom is 0.161 e. The third kappa shape index (κ3) is 5.49. The van der Waals surface area contributed by atoms with Gasteiger partial charge in [-0.15, -0.1) is 0 Å². The highest BCUT2D eigenvalue weighted by Gasteiger charge is 2.22. The largest absolute Gasteiger partial charge is 0.497 e. The Kier molecular flexibility index (Phi) is 7.94. The molecule has 0 saturated carbocycles. The molecule has 0 aliphatic heterocycles. The molecular formula is C34H31ClN4O4. The van der Waals surface area contributed by atoms with Gasteiger partial charge < -0.3 is 24.3 Å². The van der Waals surface area contributed by atoms with Crippen LogP contribution in [0.15, 0.2) is 84.9 Å². The lowest BCUT2D eigenvalue weighted by Crippen LogP contribution is -2.05. The minimum atomic E-state index is 0.450. The van der Waals surface area contributed by atoms with E-state index in [1.165, 1.54) is 0 Å². The van der Waals surface area contributed by atoms with Crippen LogP contribution < -0.4 is 24.3 Å². The molecule has 43 heavy (non-hydrogen) atoms. The molecule has 218 valence electrons. The fraction of sp³-hybridized carbons (Fsp3) is 0.176. The normalized spacial score (nSPS) is 11.1. The van der Waals surface area contributed by atoms with Crippen molar-refractivity contribution < 1.29 is 18.9 Å². The number of methoxy groups -OCH3 is 4. The van der Waals surface area contributed by atoms with Crippen molar-refractivity contribution in [3.63, 3.8) is 0 Å². The highest BCUT2D eigenvalue weighted by Crippen LogP contribution is 2.42. The molecule has 0 unspecified atom stereocenters. The van der Waals surface area contributed by atoms with Gasteiger partial charge in [-0.1, -0.05) is 48.0 Å². The van der Waals surface area contributed by atoms with E-state index in [-0.39, 0.29) is 0 Å². The summed E-state index contributed by atoms with van der Waals surface area (Å²) >= 11 is 6.74. The Morgan fingerprint density at radius 1 is 0.744 bits per heavy atom. The molecule has 2 aromatic heterocycles. The van der Waals surface area contributed by atoms with Crippen molar-refractivity contribution >= 4 is 39.1 Å². The molecule has 9 heteroatoms. The summed E-state index contributed by atoms with van der Waals surface area (Å²) in [4.78, 5) is 5.25. The monoisotopic (exact) mass is 594 g/mol. The van der Waals surface area contributed by atoms with Crippen molar-refractivity contribution in [2.75, 3.05) is 33.8 Å². The van der Waals surface area contributed by atoms with Crippen molar-refractivity contribution in [2.24, 2.45) is 0 Å². The topological polar surface area (TPSA) is 79.7 Å². The number of anilines is 1. The summed E-state index contributed by atoms with van der Waals surface area (Å²) in [5.41, 5.74) is 5.04. The van der Waals surface area contributed by atoms with Gasteiger partial charge in [-0.2, -0.15) is 5.10 Å². The van der Waals surface area contributed by atoms with Crippen LogP contribution in [0.2, 0.25) is 5.02 Å². The molecule has 0 aliphatic carbocycles. The van der Waals surface area contributed by atoms with Gasteiger partial charge in [-0.3, -0.25) is 0 Å². The first kappa shape index (κ1) is 28.2. The number of nitrogens with zero attached hydrogens (tertiary/aromatic N) is 3. The van der Waals surface area contributed by atoms with Crippen LogP contribution in [0.3, 0.4) is 0 Å². The molecule has 0 amide bonds. The second kappa shape index (κ2) is 12.1. The molecule has 6 aromatic rings. The minimum absolute atomic E-state index is 0.450. The van der Waals surface area contributed by atoms with E-state index >= 15 is 0 Å². The van der Waals surface area contributed by atoms with Crippen molar-refractivity contribution in [2.45, 2.75) is 13.1 Å². The van der Waals surface area contributed by atoms with Crippen LogP contribution in [0.5, 0.6) is 23.0 Å². The Morgan fingerprint density at radius 3 is 2.16 bits per heavy atom. The van der Waals surface area contributed by atoms with Gasteiger partial charge >= 0.3 is 0 Å². The number of rotatable bonds is 10. The van der Waals surface area contributed by atoms with Gasteiger partial charge in [-0.25, -0.2) is 9.67 Å². The van der Waals surface area contributed by atoms with Gasteiger partial charge in [0.25, 0.3) is 0 Å². The maximum atomic E-state index is 6.74. The average molecular weight is 595 g/mol. The summed E-state index contributed by atoms with van der Waals surface area (Å²) in [6.45, 7) is 0.936. The zero-order valence-electron chi connectivity index (χ0n) is 24.3. The van der Waals surface area contributed by atoms with Crippen molar-refractivity contribution in [3.05, 3.63) is 101 Å². The Hall–Kier alpha value is -4.95. The summed E-state index contributed by atoms with van der Waals surface area (Å²) in [6.07, 6.45) is 0. The lowest BCUT2D eigenvalue weighted by molar-refractivity contribution is 0.356. The van der Waals surface area contributed by atoms with E-state index in [9.17, 15) is 0 Å². The van der Waals surface area contributed by atoms with Crippen LogP contribution >= 0.6 is 11.6 Å². The lowest BCUT2D eigenvalue weighted by Gasteiger charge is -2.14. The van der Waals surface area contributed by atoms with Gasteiger partial charge in [0.05, 0.1) is 58.3 Å². The number of halogens is 1. The molecule has 0 fully saturated rings. The summed E-state index contributed by atoms with van der Waals surface area (Å²) in [6, 6.07) is 27.4. The number of ether oxygens (including phenoxy) is 4. The highest BCUT2D eigenvalue weighted by molar-refractivity contribution is 6.33. The van der Waals surface area contributed by atoms with Crippen molar-refractivity contribution in [1.82, 2.24) is 14.8 Å². The number of hydrogen-bond acceptors (Lipinski definition) is 7. The van der Waals surface area contributed by atoms with Crippen molar-refractivity contribution in [3.8, 4) is 34.3 Å². The number of aromatic nitrogens is 3. The predicted molar refractivity (Wildman–Crippen MR) is 171 cm³/mol. The number of benzene rings is 4. The molecule has 1 N–H and O–H groups in total. The Balaban J connectivity index is 1.61. The van der Waals surface area contributed by atoms with E-state index in [0.717, 1.165) is 61.5 Å². The molecule has 0 bridgehead atoms. The Bertz CT molecular complexity index is 1940. The fourth-order valence-electron chi connectivity index (χ4n) is 5.29. The standard InChI is InChI=1S/C34H31ClN4O4/c1-40-23-11-7-9-21(15-23)20-39-34-32(29(38-39)19-36-22-10-8-12-24(16-22)41-2)26-17-30(42-3)31(43-4)18-27(26)33(37-34)25-13-5-6-14-28(25)35/h5-18,36H,19-20H2,1-4H3. The fourth-order valence-corrected chi connectivity index (χ4v) is 5.52. The smallest absolute Gasteiger partial charge is 0.161 e. The molecule has 0 aliphatic rings. The van der Waals surface area contributed by atoms with Gasteiger partial charge in [0.1, 0.15) is 11.5 Å². The molecule has 8 nitrogen and oxygen atoms in total. The molecule has 4 aromatic carbocycles. The first-order chi connectivity index (χ1) is 21.0. The number of hydrogen-bond donors (Lipinski definition) is 1. The zero-order chi connectivity index (χ0) is 29.9. The van der Waals surface area contributed by atoms with E-state index in [1.54, 1.807) is 28.4 Å². The second-order valence-electron chi connectivity index (χ2n) is 9.93. The third-order valence-electron chi connectivity index (χ3n) is 7.39. The van der Waals surface area contributed by atoms with Gasteiger partial charge in [0.15, 0.2) is 17.1 Å². The average Bonchev–Trinajstić information content (AvgIpc) is 3.39. The number of pyridine rings is 1. The highest BCUT2D eigenvalue weighted by atomic mass is 35.5. The third-order valence-corrected chi connectivity index (χ3v) is 7.72. The Labute approximate surface area is 254 Å². The molecule has 0 spiro atoms. The van der Waals surface area contributed by atoms with E-state index < -0.39 is 0 Å². The first-order valence-corrected chi connectivity index (χ1v) is 14.1. The van der Waals surface area contributed by atoms with E-state index in [1.807, 2.05) is 89.6 Å². The van der Waals surface area contributed by atoms with Crippen LogP contribution in [0.25, 0.3) is 33.1 Å². The number of nitrogens with one attached hydrogen (secondary N) is 1. The molecule has 2 heterocycles. The van der Waals surface area contributed by atoms with Crippen LogP contribution in [-0.2, 0) is 13.1 Å². The molecule has 0 atom stereocenters. The van der Waals surface area contributed by atoms with Gasteiger partial charge in [0.2, 0.25) is 0 Å². The van der Waals surface area contributed by atoms with Crippen LogP contribution in [0.1, 0.15) is 11.3 Å². The van der Waals surface area contributed by atoms with Gasteiger partial charge in [0, 0.05) is 33.1 Å². The lowest BCUT2D eigenvalue weighted by atomic mass is 10.00. The quantitative estimate of drug-likeness (QED) is 0.175. The molecule has 0 radical (unpaired) electrons. The maximum absolute atomic E-state index is 6.74. The Morgan fingerprint density at radius 2 is 1.44 bits per heavy atom. The minimum Gasteiger partial charge on any atom is -0.497 e.